The smallest absolute Gasteiger partial charge is 0.178 e. The predicted molar refractivity (Wildman–Crippen MR) is 50.4 cm³/mol. The van der Waals surface area contributed by atoms with Crippen LogP contribution in [0.25, 0.3) is 11.2 Å². The molecule has 13 heavy (non-hydrogen) atoms. The molecule has 0 N–H and O–H groups in total. The van der Waals surface area contributed by atoms with Gasteiger partial charge in [-0.15, -0.1) is 0 Å². The number of pyridine rings is 1. The number of nitrogens with zero attached hydrogens (tertiary/aromatic N) is 3. The molecule has 0 aromatic carbocycles. The zero-order chi connectivity index (χ0) is 9.26. The molecule has 4 nitrogen and oxygen atoms in total. The molecule has 5 heteroatoms. The Morgan fingerprint density at radius 2 is 2.00 bits per heavy atom. The van der Waals surface area contributed by atoms with Gasteiger partial charge in [-0.05, 0) is 15.9 Å². The maximum Gasteiger partial charge on any atom is 0.178 e. The van der Waals surface area contributed by atoms with E-state index in [1.807, 2.05) is 0 Å². The third-order valence-electron chi connectivity index (χ3n) is 1.61. The van der Waals surface area contributed by atoms with E-state index < -0.39 is 0 Å². The van der Waals surface area contributed by atoms with E-state index in [1.54, 1.807) is 6.20 Å². The van der Waals surface area contributed by atoms with Gasteiger partial charge in [0.25, 0.3) is 0 Å². The normalized spacial score (nSPS) is 10.2. The fourth-order valence-corrected chi connectivity index (χ4v) is 1.41. The van der Waals surface area contributed by atoms with Gasteiger partial charge in [0.2, 0.25) is 0 Å². The first-order valence-electron chi connectivity index (χ1n) is 3.53. The maximum absolute atomic E-state index is 10.7. The molecule has 0 aliphatic heterocycles. The second-order valence-corrected chi connectivity index (χ2v) is 3.22. The lowest BCUT2D eigenvalue weighted by Crippen LogP contribution is -1.93. The number of hydrogen-bond acceptors (Lipinski definition) is 4. The summed E-state index contributed by atoms with van der Waals surface area (Å²) in [7, 11) is 0. The van der Waals surface area contributed by atoms with Crippen LogP contribution >= 0.6 is 15.9 Å². The fraction of sp³-hybridized carbons (Fsp3) is 0. The molecule has 0 amide bonds. The molecule has 0 unspecified atom stereocenters. The number of aldehydes is 1. The van der Waals surface area contributed by atoms with E-state index in [2.05, 4.69) is 30.9 Å². The van der Waals surface area contributed by atoms with E-state index in [1.165, 1.54) is 12.4 Å². The van der Waals surface area contributed by atoms with Gasteiger partial charge < -0.3 is 0 Å². The molecule has 0 atom stereocenters. The van der Waals surface area contributed by atoms with Gasteiger partial charge in [-0.25, -0.2) is 9.97 Å². The standard InChI is InChI=1S/C8H4BrN3O/c9-6-3-12-8-7(5(6)4-13)10-1-2-11-8/h1-4H. The highest BCUT2D eigenvalue weighted by Crippen LogP contribution is 2.19. The number of aromatic nitrogens is 3. The molecule has 64 valence electrons. The highest BCUT2D eigenvalue weighted by molar-refractivity contribution is 9.10. The van der Waals surface area contributed by atoms with Gasteiger partial charge in [0.05, 0.1) is 5.56 Å². The Bertz CT molecular complexity index is 472. The summed E-state index contributed by atoms with van der Waals surface area (Å²) in [6.45, 7) is 0. The molecule has 0 saturated heterocycles. The Kier molecular flexibility index (Phi) is 2.02. The summed E-state index contributed by atoms with van der Waals surface area (Å²) in [6.07, 6.45) is 5.35. The molecule has 0 bridgehead atoms. The van der Waals surface area contributed by atoms with E-state index in [4.69, 9.17) is 0 Å². The molecule has 2 aromatic rings. The summed E-state index contributed by atoms with van der Waals surface area (Å²) in [6, 6.07) is 0. The molecule has 2 heterocycles. The van der Waals surface area contributed by atoms with E-state index in [9.17, 15) is 4.79 Å². The first kappa shape index (κ1) is 8.25. The van der Waals surface area contributed by atoms with Crippen molar-refractivity contribution < 1.29 is 4.79 Å². The van der Waals surface area contributed by atoms with E-state index in [0.717, 1.165) is 6.29 Å². The Hall–Kier alpha value is -1.36. The average Bonchev–Trinajstić information content (AvgIpc) is 2.18. The number of hydrogen-bond donors (Lipinski definition) is 0. The second-order valence-electron chi connectivity index (χ2n) is 2.37. The van der Waals surface area contributed by atoms with Crippen LogP contribution in [0.3, 0.4) is 0 Å². The van der Waals surface area contributed by atoms with Gasteiger partial charge in [-0.3, -0.25) is 9.78 Å². The van der Waals surface area contributed by atoms with E-state index in [0.29, 0.717) is 21.2 Å². The molecular formula is C8H4BrN3O. The quantitative estimate of drug-likeness (QED) is 0.708. The minimum atomic E-state index is 0.479. The highest BCUT2D eigenvalue weighted by Gasteiger charge is 2.06. The number of carbonyl (C=O) groups is 1. The lowest BCUT2D eigenvalue weighted by molar-refractivity contribution is 0.112. The van der Waals surface area contributed by atoms with Crippen molar-refractivity contribution in [3.05, 3.63) is 28.6 Å². The van der Waals surface area contributed by atoms with Crippen LogP contribution in [-0.2, 0) is 0 Å². The fourth-order valence-electron chi connectivity index (χ4n) is 1.03. The van der Waals surface area contributed by atoms with Crippen LogP contribution < -0.4 is 0 Å². The van der Waals surface area contributed by atoms with Crippen molar-refractivity contribution in [1.29, 1.82) is 0 Å². The monoisotopic (exact) mass is 237 g/mol. The van der Waals surface area contributed by atoms with Crippen molar-refractivity contribution in [2.45, 2.75) is 0 Å². The number of fused-ring (bicyclic) bond motifs is 1. The van der Waals surface area contributed by atoms with Gasteiger partial charge in [-0.1, -0.05) is 0 Å². The van der Waals surface area contributed by atoms with Crippen LogP contribution in [0.5, 0.6) is 0 Å². The van der Waals surface area contributed by atoms with E-state index in [-0.39, 0.29) is 0 Å². The zero-order valence-electron chi connectivity index (χ0n) is 6.44. The largest absolute Gasteiger partial charge is 0.298 e. The molecule has 0 radical (unpaired) electrons. The summed E-state index contributed by atoms with van der Waals surface area (Å²) in [4.78, 5) is 22.7. The SMILES string of the molecule is O=Cc1c(Br)cnc2nccnc12. The molecule has 0 fully saturated rings. The molecule has 0 aliphatic rings. The summed E-state index contributed by atoms with van der Waals surface area (Å²) in [5.74, 6) is 0. The number of carbonyl (C=O) groups excluding carboxylic acids is 1. The lowest BCUT2D eigenvalue weighted by Gasteiger charge is -1.99. The molecule has 0 spiro atoms. The van der Waals surface area contributed by atoms with Crippen molar-refractivity contribution in [3.8, 4) is 0 Å². The lowest BCUT2D eigenvalue weighted by atomic mass is 10.2. The third kappa shape index (κ3) is 1.31. The van der Waals surface area contributed by atoms with Crippen LogP contribution in [0, 0.1) is 0 Å². The third-order valence-corrected chi connectivity index (χ3v) is 2.24. The minimum Gasteiger partial charge on any atom is -0.298 e. The second kappa shape index (κ2) is 3.18. The van der Waals surface area contributed by atoms with Crippen LogP contribution in [-0.4, -0.2) is 21.2 Å². The predicted octanol–water partition coefficient (Wildman–Crippen LogP) is 1.60. The van der Waals surface area contributed by atoms with Crippen molar-refractivity contribution >= 4 is 33.4 Å². The summed E-state index contributed by atoms with van der Waals surface area (Å²) in [5, 5.41) is 0. The van der Waals surface area contributed by atoms with Crippen LogP contribution in [0.1, 0.15) is 10.4 Å². The Balaban J connectivity index is 2.91. The number of rotatable bonds is 1. The molecule has 2 rings (SSSR count). The first-order valence-corrected chi connectivity index (χ1v) is 4.32. The molecule has 2 aromatic heterocycles. The van der Waals surface area contributed by atoms with Gasteiger partial charge in [0, 0.05) is 23.1 Å². The van der Waals surface area contributed by atoms with Crippen LogP contribution in [0.4, 0.5) is 0 Å². The highest BCUT2D eigenvalue weighted by atomic mass is 79.9. The Morgan fingerprint density at radius 3 is 2.77 bits per heavy atom. The van der Waals surface area contributed by atoms with Crippen molar-refractivity contribution in [3.63, 3.8) is 0 Å². The Labute approximate surface area is 82.2 Å². The minimum absolute atomic E-state index is 0.479. The maximum atomic E-state index is 10.7. The van der Waals surface area contributed by atoms with Gasteiger partial charge in [-0.2, -0.15) is 0 Å². The van der Waals surface area contributed by atoms with Crippen molar-refractivity contribution in [2.24, 2.45) is 0 Å². The molecule has 0 aliphatic carbocycles. The van der Waals surface area contributed by atoms with E-state index >= 15 is 0 Å². The van der Waals surface area contributed by atoms with Gasteiger partial charge in [0.1, 0.15) is 5.52 Å². The first-order chi connectivity index (χ1) is 6.33. The topological polar surface area (TPSA) is 55.7 Å². The molecular weight excluding hydrogens is 234 g/mol. The van der Waals surface area contributed by atoms with Crippen LogP contribution in [0.15, 0.2) is 23.1 Å². The van der Waals surface area contributed by atoms with Gasteiger partial charge >= 0.3 is 0 Å². The van der Waals surface area contributed by atoms with Gasteiger partial charge in [0.15, 0.2) is 11.9 Å². The molecule has 0 saturated carbocycles. The average molecular weight is 238 g/mol. The summed E-state index contributed by atoms with van der Waals surface area (Å²) >= 11 is 3.22. The zero-order valence-corrected chi connectivity index (χ0v) is 8.02. The van der Waals surface area contributed by atoms with Crippen molar-refractivity contribution in [1.82, 2.24) is 15.0 Å². The Morgan fingerprint density at radius 1 is 1.23 bits per heavy atom. The summed E-state index contributed by atoms with van der Waals surface area (Å²) in [5.41, 5.74) is 1.48. The summed E-state index contributed by atoms with van der Waals surface area (Å²) < 4.78 is 0.635. The van der Waals surface area contributed by atoms with Crippen molar-refractivity contribution in [2.75, 3.05) is 0 Å². The van der Waals surface area contributed by atoms with Crippen LogP contribution in [0.2, 0.25) is 0 Å². The number of halogens is 1.